The Hall–Kier alpha value is -2.37. The van der Waals surface area contributed by atoms with Gasteiger partial charge in [-0.15, -0.1) is 0 Å². The number of hydrogen-bond acceptors (Lipinski definition) is 3. The third-order valence-electron chi connectivity index (χ3n) is 4.87. The number of amides is 2. The van der Waals surface area contributed by atoms with Crippen LogP contribution < -0.4 is 9.80 Å². The molecule has 0 radical (unpaired) electrons. The highest BCUT2D eigenvalue weighted by Gasteiger charge is 2.32. The molecule has 1 aliphatic heterocycles. The van der Waals surface area contributed by atoms with Crippen molar-refractivity contribution in [2.45, 2.75) is 20.3 Å². The van der Waals surface area contributed by atoms with E-state index >= 15 is 0 Å². The van der Waals surface area contributed by atoms with Crippen LogP contribution in [0.3, 0.4) is 0 Å². The van der Waals surface area contributed by atoms with Crippen LogP contribution in [0.15, 0.2) is 48.5 Å². The lowest BCUT2D eigenvalue weighted by molar-refractivity contribution is -0.125. The second-order valence-electron chi connectivity index (χ2n) is 6.45. The lowest BCUT2D eigenvalue weighted by Gasteiger charge is -2.28. The lowest BCUT2D eigenvalue weighted by atomic mass is 10.2. The van der Waals surface area contributed by atoms with Crippen molar-refractivity contribution in [3.63, 3.8) is 0 Å². The molecule has 0 unspecified atom stereocenters. The van der Waals surface area contributed by atoms with Crippen LogP contribution in [-0.2, 0) is 9.59 Å². The lowest BCUT2D eigenvalue weighted by Crippen LogP contribution is -2.38. The van der Waals surface area contributed by atoms with Gasteiger partial charge in [0.15, 0.2) is 0 Å². The number of fused-ring (bicyclic) bond motifs is 1. The molecule has 27 heavy (non-hydrogen) atoms. The highest BCUT2D eigenvalue weighted by atomic mass is 35.5. The average Bonchev–Trinajstić information content (AvgIpc) is 2.76. The molecule has 0 bridgehead atoms. The number of halogens is 1. The fraction of sp³-hybridized carbons (Fsp3) is 0.333. The van der Waals surface area contributed by atoms with Gasteiger partial charge in [0, 0.05) is 23.8 Å². The van der Waals surface area contributed by atoms with Crippen LogP contribution in [0.25, 0.3) is 0 Å². The van der Waals surface area contributed by atoms with E-state index in [-0.39, 0.29) is 18.2 Å². The highest BCUT2D eigenvalue weighted by Crippen LogP contribution is 2.39. The van der Waals surface area contributed by atoms with Crippen LogP contribution in [0.4, 0.5) is 17.1 Å². The van der Waals surface area contributed by atoms with E-state index in [0.29, 0.717) is 22.9 Å². The van der Waals surface area contributed by atoms with E-state index in [1.165, 1.54) is 0 Å². The molecule has 0 spiro atoms. The van der Waals surface area contributed by atoms with E-state index in [4.69, 9.17) is 11.6 Å². The zero-order chi connectivity index (χ0) is 19.4. The number of para-hydroxylation sites is 1. The van der Waals surface area contributed by atoms with Gasteiger partial charge in [-0.2, -0.15) is 0 Å². The van der Waals surface area contributed by atoms with Gasteiger partial charge in [-0.25, -0.2) is 0 Å². The van der Waals surface area contributed by atoms with Crippen molar-refractivity contribution in [2.24, 2.45) is 0 Å². The first-order valence-corrected chi connectivity index (χ1v) is 9.63. The first-order valence-electron chi connectivity index (χ1n) is 9.25. The molecule has 0 atom stereocenters. The van der Waals surface area contributed by atoms with Crippen LogP contribution in [0, 0.1) is 0 Å². The normalized spacial score (nSPS) is 14.5. The van der Waals surface area contributed by atoms with E-state index in [1.54, 1.807) is 21.9 Å². The molecular weight excluding hydrogens is 362 g/mol. The van der Waals surface area contributed by atoms with E-state index in [2.05, 4.69) is 18.7 Å². The zero-order valence-electron chi connectivity index (χ0n) is 15.7. The van der Waals surface area contributed by atoms with E-state index < -0.39 is 0 Å². The minimum Gasteiger partial charge on any atom is -0.309 e. The Kier molecular flexibility index (Phi) is 6.14. The molecule has 2 aromatic rings. The third kappa shape index (κ3) is 4.15. The van der Waals surface area contributed by atoms with Crippen molar-refractivity contribution in [3.05, 3.63) is 53.6 Å². The number of likely N-dealkylation sites (N-methyl/N-ethyl adjacent to an activating group) is 1. The predicted molar refractivity (Wildman–Crippen MR) is 110 cm³/mol. The zero-order valence-corrected chi connectivity index (χ0v) is 16.4. The summed E-state index contributed by atoms with van der Waals surface area (Å²) in [7, 11) is 0. The summed E-state index contributed by atoms with van der Waals surface area (Å²) in [6, 6.07) is 14.7. The largest absolute Gasteiger partial charge is 0.309 e. The molecule has 2 amide bonds. The quantitative estimate of drug-likeness (QED) is 0.703. The van der Waals surface area contributed by atoms with Crippen molar-refractivity contribution < 1.29 is 9.59 Å². The minimum absolute atomic E-state index is 0.167. The average molecular weight is 386 g/mol. The monoisotopic (exact) mass is 385 g/mol. The Morgan fingerprint density at radius 3 is 2.33 bits per heavy atom. The summed E-state index contributed by atoms with van der Waals surface area (Å²) in [6.45, 7) is 7.32. The number of carbonyl (C=O) groups is 2. The summed E-state index contributed by atoms with van der Waals surface area (Å²) < 4.78 is 0. The molecule has 2 aromatic carbocycles. The Bertz CT molecular complexity index is 821. The first kappa shape index (κ1) is 19.4. The Morgan fingerprint density at radius 2 is 1.67 bits per heavy atom. The molecule has 0 aliphatic carbocycles. The molecule has 6 heteroatoms. The maximum Gasteiger partial charge on any atom is 0.241 e. The Labute approximate surface area is 165 Å². The third-order valence-corrected chi connectivity index (χ3v) is 5.11. The standard InChI is InChI=1S/C21H24ClN3O2/c1-3-23(4-2)12-13-24-18-11-10-16(22)14-19(18)25(21(27)15-20(24)26)17-8-6-5-7-9-17/h5-11,14H,3-4,12-13,15H2,1-2H3. The second kappa shape index (κ2) is 8.55. The molecule has 0 N–H and O–H groups in total. The topological polar surface area (TPSA) is 43.9 Å². The van der Waals surface area contributed by atoms with Crippen molar-refractivity contribution >= 4 is 40.5 Å². The molecule has 142 valence electrons. The van der Waals surface area contributed by atoms with Gasteiger partial charge in [-0.1, -0.05) is 43.6 Å². The van der Waals surface area contributed by atoms with Gasteiger partial charge in [0.05, 0.1) is 11.4 Å². The van der Waals surface area contributed by atoms with Gasteiger partial charge in [-0.05, 0) is 43.4 Å². The summed E-state index contributed by atoms with van der Waals surface area (Å²) in [5.41, 5.74) is 2.08. The SMILES string of the molecule is CCN(CC)CCN1C(=O)CC(=O)N(c2ccccc2)c2cc(Cl)ccc21. The predicted octanol–water partition coefficient (Wildman–Crippen LogP) is 4.08. The molecule has 5 nitrogen and oxygen atoms in total. The number of benzene rings is 2. The fourth-order valence-electron chi connectivity index (χ4n) is 3.36. The minimum atomic E-state index is -0.250. The van der Waals surface area contributed by atoms with E-state index in [0.717, 1.165) is 25.3 Å². The summed E-state index contributed by atoms with van der Waals surface area (Å²) in [6.07, 6.45) is -0.167. The molecule has 0 aromatic heterocycles. The summed E-state index contributed by atoms with van der Waals surface area (Å²) in [4.78, 5) is 31.3. The maximum atomic E-state index is 12.9. The van der Waals surface area contributed by atoms with Crippen molar-refractivity contribution in [1.29, 1.82) is 0 Å². The summed E-state index contributed by atoms with van der Waals surface area (Å²) >= 11 is 6.24. The van der Waals surface area contributed by atoms with Crippen molar-refractivity contribution in [3.8, 4) is 0 Å². The highest BCUT2D eigenvalue weighted by molar-refractivity contribution is 6.31. The molecular formula is C21H24ClN3O2. The van der Waals surface area contributed by atoms with Crippen molar-refractivity contribution in [1.82, 2.24) is 4.90 Å². The number of nitrogens with zero attached hydrogens (tertiary/aromatic N) is 3. The molecule has 0 fully saturated rings. The molecule has 1 heterocycles. The number of carbonyl (C=O) groups excluding carboxylic acids is 2. The molecule has 3 rings (SSSR count). The summed E-state index contributed by atoms with van der Waals surface area (Å²) in [5, 5.41) is 0.528. The number of hydrogen-bond donors (Lipinski definition) is 0. The van der Waals surface area contributed by atoms with Gasteiger partial charge in [-0.3, -0.25) is 14.5 Å². The van der Waals surface area contributed by atoms with E-state index in [1.807, 2.05) is 36.4 Å². The Morgan fingerprint density at radius 1 is 0.963 bits per heavy atom. The second-order valence-corrected chi connectivity index (χ2v) is 6.88. The Balaban J connectivity index is 2.04. The van der Waals surface area contributed by atoms with Crippen LogP contribution in [-0.4, -0.2) is 42.9 Å². The van der Waals surface area contributed by atoms with Gasteiger partial charge in [0.25, 0.3) is 0 Å². The van der Waals surface area contributed by atoms with Gasteiger partial charge >= 0.3 is 0 Å². The van der Waals surface area contributed by atoms with Crippen molar-refractivity contribution in [2.75, 3.05) is 36.0 Å². The fourth-order valence-corrected chi connectivity index (χ4v) is 3.53. The van der Waals surface area contributed by atoms with E-state index in [9.17, 15) is 9.59 Å². The van der Waals surface area contributed by atoms with Crippen LogP contribution in [0.5, 0.6) is 0 Å². The van der Waals surface area contributed by atoms with Gasteiger partial charge in [0.2, 0.25) is 11.8 Å². The van der Waals surface area contributed by atoms with Crippen LogP contribution in [0.2, 0.25) is 5.02 Å². The first-order chi connectivity index (χ1) is 13.0. The van der Waals surface area contributed by atoms with Crippen LogP contribution in [0.1, 0.15) is 20.3 Å². The number of anilines is 3. The maximum absolute atomic E-state index is 12.9. The molecule has 0 saturated carbocycles. The smallest absolute Gasteiger partial charge is 0.241 e. The molecule has 0 saturated heterocycles. The number of rotatable bonds is 6. The van der Waals surface area contributed by atoms with Gasteiger partial charge < -0.3 is 9.80 Å². The molecule has 1 aliphatic rings. The van der Waals surface area contributed by atoms with Crippen LogP contribution >= 0.6 is 11.6 Å². The summed E-state index contributed by atoms with van der Waals surface area (Å²) in [5.74, 6) is -0.436. The van der Waals surface area contributed by atoms with Gasteiger partial charge in [0.1, 0.15) is 6.42 Å².